The predicted octanol–water partition coefficient (Wildman–Crippen LogP) is 5.79. The van der Waals surface area contributed by atoms with Gasteiger partial charge in [0.15, 0.2) is 5.82 Å². The van der Waals surface area contributed by atoms with Crippen molar-refractivity contribution in [3.63, 3.8) is 0 Å². The van der Waals surface area contributed by atoms with Crippen molar-refractivity contribution in [3.05, 3.63) is 53.1 Å². The van der Waals surface area contributed by atoms with Crippen molar-refractivity contribution in [1.29, 1.82) is 0 Å². The van der Waals surface area contributed by atoms with Crippen molar-refractivity contribution in [2.75, 3.05) is 90.3 Å². The minimum absolute atomic E-state index is 0.210. The number of nitrogens with zero attached hydrogens (tertiary/aromatic N) is 7. The zero-order chi connectivity index (χ0) is 32.6. The zero-order valence-electron chi connectivity index (χ0n) is 29.2. The number of rotatable bonds is 4. The van der Waals surface area contributed by atoms with Gasteiger partial charge in [-0.3, -0.25) is 14.8 Å². The highest BCUT2D eigenvalue weighted by atomic mass is 16.1. The third kappa shape index (κ3) is 11.0. The van der Waals surface area contributed by atoms with Crippen LogP contribution in [0.1, 0.15) is 55.4 Å². The molecule has 0 spiro atoms. The van der Waals surface area contributed by atoms with Crippen molar-refractivity contribution >= 4 is 11.4 Å². The number of aromatic nitrogens is 4. The Kier molecular flexibility index (Phi) is 16.1. The monoisotopic (exact) mass is 596 g/mol. The first kappa shape index (κ1) is 37.7. The van der Waals surface area contributed by atoms with E-state index in [2.05, 4.69) is 52.9 Å². The van der Waals surface area contributed by atoms with Gasteiger partial charge in [-0.2, -0.15) is 0 Å². The lowest BCUT2D eigenvalue weighted by Gasteiger charge is -2.40. The highest BCUT2D eigenvalue weighted by Gasteiger charge is 2.26. The van der Waals surface area contributed by atoms with Crippen LogP contribution in [-0.4, -0.2) is 109 Å². The number of hydrogen-bond donors (Lipinski definition) is 1. The number of hydrogen-bond acceptors (Lipinski definition) is 6. The molecule has 3 aromatic rings. The third-order valence-electron chi connectivity index (χ3n) is 7.37. The van der Waals surface area contributed by atoms with E-state index in [1.807, 2.05) is 79.7 Å². The van der Waals surface area contributed by atoms with Crippen LogP contribution in [0.4, 0.5) is 11.4 Å². The number of H-pyrrole nitrogens is 1. The van der Waals surface area contributed by atoms with Gasteiger partial charge in [-0.15, -0.1) is 0 Å². The van der Waals surface area contributed by atoms with Gasteiger partial charge in [-0.25, -0.2) is 4.98 Å². The van der Waals surface area contributed by atoms with E-state index in [9.17, 15) is 4.79 Å². The van der Waals surface area contributed by atoms with Gasteiger partial charge in [0.05, 0.1) is 91.9 Å². The number of likely N-dealkylation sites (N-methyl/N-ethyl adjacent to an activating group) is 2. The van der Waals surface area contributed by atoms with Crippen LogP contribution < -0.4 is 15.4 Å². The highest BCUT2D eigenvalue weighted by molar-refractivity contribution is 5.65. The Balaban J connectivity index is 0.00000107. The Morgan fingerprint density at radius 2 is 1.00 bits per heavy atom. The van der Waals surface area contributed by atoms with Crippen LogP contribution in [0, 0.1) is 0 Å². The molecule has 0 atom stereocenters. The van der Waals surface area contributed by atoms with E-state index in [4.69, 9.17) is 4.98 Å². The summed E-state index contributed by atoms with van der Waals surface area (Å²) in [5.41, 5.74) is 3.93. The van der Waals surface area contributed by atoms with E-state index in [-0.39, 0.29) is 5.56 Å². The average molecular weight is 597 g/mol. The van der Waals surface area contributed by atoms with Gasteiger partial charge in [0.2, 0.25) is 0 Å². The van der Waals surface area contributed by atoms with Crippen LogP contribution in [0.15, 0.2) is 47.5 Å². The fraction of sp³-hybridized carbons (Fsp3) is 0.588. The van der Waals surface area contributed by atoms with Gasteiger partial charge in [0.25, 0.3) is 5.56 Å². The molecule has 5 heterocycles. The molecule has 2 aliphatic heterocycles. The van der Waals surface area contributed by atoms with Gasteiger partial charge in [-0.1, -0.05) is 55.4 Å². The minimum atomic E-state index is -0.210. The topological polar surface area (TPSA) is 78.0 Å². The minimum Gasteiger partial charge on any atom is -0.360 e. The molecule has 0 unspecified atom stereocenters. The van der Waals surface area contributed by atoms with Crippen LogP contribution in [0.2, 0.25) is 0 Å². The summed E-state index contributed by atoms with van der Waals surface area (Å²) in [5, 5.41) is 0. The maximum absolute atomic E-state index is 12.6. The molecule has 43 heavy (non-hydrogen) atoms. The summed E-state index contributed by atoms with van der Waals surface area (Å²) in [6, 6.07) is 9.63. The number of quaternary nitrogens is 2. The molecule has 3 aromatic heterocycles. The second kappa shape index (κ2) is 18.4. The van der Waals surface area contributed by atoms with E-state index in [1.165, 1.54) is 6.07 Å². The Labute approximate surface area is 261 Å². The molecule has 0 bridgehead atoms. The number of nitrogens with one attached hydrogen (secondary N) is 1. The van der Waals surface area contributed by atoms with Crippen molar-refractivity contribution in [2.45, 2.75) is 55.4 Å². The predicted molar refractivity (Wildman–Crippen MR) is 185 cm³/mol. The third-order valence-corrected chi connectivity index (χ3v) is 7.37. The average Bonchev–Trinajstić information content (AvgIpc) is 3.05. The van der Waals surface area contributed by atoms with Crippen LogP contribution in [-0.2, 0) is 0 Å². The second-order valence-corrected chi connectivity index (χ2v) is 11.0. The van der Waals surface area contributed by atoms with E-state index >= 15 is 0 Å². The lowest BCUT2D eigenvalue weighted by atomic mass is 10.2. The largest absolute Gasteiger partial charge is 0.360 e. The normalized spacial score (nSPS) is 16.5. The molecule has 0 saturated carbocycles. The van der Waals surface area contributed by atoms with E-state index < -0.39 is 0 Å². The quantitative estimate of drug-likeness (QED) is 0.384. The van der Waals surface area contributed by atoms with E-state index in [0.717, 1.165) is 72.7 Å². The molecule has 1 N–H and O–H groups in total. The van der Waals surface area contributed by atoms with Gasteiger partial charge in [-0.05, 0) is 24.3 Å². The number of aromatic amines is 1. The Morgan fingerprint density at radius 1 is 0.605 bits per heavy atom. The van der Waals surface area contributed by atoms with Gasteiger partial charge in [0.1, 0.15) is 5.69 Å². The van der Waals surface area contributed by atoms with Crippen LogP contribution in [0.25, 0.3) is 22.9 Å². The summed E-state index contributed by atoms with van der Waals surface area (Å²) in [7, 11) is 9.07. The Morgan fingerprint density at radius 3 is 1.44 bits per heavy atom. The van der Waals surface area contributed by atoms with E-state index in [0.29, 0.717) is 22.9 Å². The SMILES string of the molecule is CC.CC.CC.CC.C[N+]1(C)CCN(c2ccnc(-c3cc(=O)[nH]c(-c4cc(N5CC[N+](C)(C)CC5)ccn4)n3)c2)CC1. The first-order chi connectivity index (χ1) is 20.7. The molecule has 9 nitrogen and oxygen atoms in total. The molecule has 0 amide bonds. The van der Waals surface area contributed by atoms with E-state index in [1.54, 1.807) is 12.4 Å². The first-order valence-electron chi connectivity index (χ1n) is 16.4. The summed E-state index contributed by atoms with van der Waals surface area (Å²) in [6.07, 6.45) is 3.60. The number of piperazine rings is 2. The Hall–Kier alpha value is -3.30. The van der Waals surface area contributed by atoms with Crippen molar-refractivity contribution in [1.82, 2.24) is 19.9 Å². The maximum atomic E-state index is 12.6. The van der Waals surface area contributed by atoms with Crippen molar-refractivity contribution in [2.24, 2.45) is 0 Å². The van der Waals surface area contributed by atoms with Crippen LogP contribution in [0.3, 0.4) is 0 Å². The lowest BCUT2D eigenvalue weighted by molar-refractivity contribution is -0.890. The van der Waals surface area contributed by atoms with Gasteiger partial charge in [0, 0.05) is 29.8 Å². The molecule has 240 valence electrons. The molecule has 2 aliphatic rings. The van der Waals surface area contributed by atoms with Crippen molar-refractivity contribution in [3.8, 4) is 22.9 Å². The molecular formula is C34H60N8O+2. The second-order valence-electron chi connectivity index (χ2n) is 11.0. The fourth-order valence-electron chi connectivity index (χ4n) is 4.74. The summed E-state index contributed by atoms with van der Waals surface area (Å²) < 4.78 is 2.07. The molecule has 5 rings (SSSR count). The standard InChI is InChI=1S/C26H35N8O.4C2H6/c1-33(2)13-9-31(10-14-33)20-5-7-27-22(17-20)23-19-25(35)30-26(29-23)24-18-21(6-8-28-24)32-11-15-34(3,4)16-12-32;4*1-2/h5-8,17-19H,9-16H2,1-4H3;4*1-2H3/q+1;;;;/p+1. The van der Waals surface area contributed by atoms with Crippen LogP contribution in [0.5, 0.6) is 0 Å². The summed E-state index contributed by atoms with van der Waals surface area (Å²) in [6.45, 7) is 24.4. The van der Waals surface area contributed by atoms with Crippen LogP contribution >= 0.6 is 0 Å². The summed E-state index contributed by atoms with van der Waals surface area (Å²) in [5.74, 6) is 0.465. The smallest absolute Gasteiger partial charge is 0.251 e. The maximum Gasteiger partial charge on any atom is 0.251 e. The van der Waals surface area contributed by atoms with Gasteiger partial charge < -0.3 is 23.7 Å². The van der Waals surface area contributed by atoms with Gasteiger partial charge >= 0.3 is 0 Å². The Bertz CT molecular complexity index is 1160. The first-order valence-corrected chi connectivity index (χ1v) is 16.4. The molecule has 2 fully saturated rings. The molecular weight excluding hydrogens is 536 g/mol. The lowest BCUT2D eigenvalue weighted by Crippen LogP contribution is -2.54. The summed E-state index contributed by atoms with van der Waals surface area (Å²) in [4.78, 5) is 34.1. The molecule has 0 aromatic carbocycles. The number of anilines is 2. The number of pyridine rings is 2. The molecule has 0 radical (unpaired) electrons. The molecule has 0 aliphatic carbocycles. The zero-order valence-corrected chi connectivity index (χ0v) is 29.2. The van der Waals surface area contributed by atoms with Crippen molar-refractivity contribution < 1.29 is 8.97 Å². The highest BCUT2D eigenvalue weighted by Crippen LogP contribution is 2.25. The molecule has 2 saturated heterocycles. The summed E-state index contributed by atoms with van der Waals surface area (Å²) >= 11 is 0. The molecule has 9 heteroatoms. The fourth-order valence-corrected chi connectivity index (χ4v) is 4.74.